The zero-order valence-corrected chi connectivity index (χ0v) is 17.7. The first-order valence-electron chi connectivity index (χ1n) is 10.3. The predicted molar refractivity (Wildman–Crippen MR) is 118 cm³/mol. The lowest BCUT2D eigenvalue weighted by Gasteiger charge is -2.33. The van der Waals surface area contributed by atoms with Crippen LogP contribution in [0, 0.1) is 5.92 Å². The van der Waals surface area contributed by atoms with Gasteiger partial charge in [0.2, 0.25) is 0 Å². The average molecular weight is 416 g/mol. The van der Waals surface area contributed by atoms with Crippen molar-refractivity contribution in [3.8, 4) is 0 Å². The van der Waals surface area contributed by atoms with Crippen molar-refractivity contribution >= 4 is 39.3 Å². The van der Waals surface area contributed by atoms with Gasteiger partial charge in [-0.15, -0.1) is 0 Å². The highest BCUT2D eigenvalue weighted by Gasteiger charge is 2.25. The summed E-state index contributed by atoms with van der Waals surface area (Å²) in [6.07, 6.45) is 10.4. The minimum Gasteiger partial charge on any atom is -0.389 e. The second kappa shape index (κ2) is 8.54. The molecule has 1 aliphatic heterocycles. The SMILES string of the molecule is Cn1ncc(NC(=O)c2nc(C3=CCCCC3)sc2N)c1N1CCC(CN)CC1. The lowest BCUT2D eigenvalue weighted by Crippen LogP contribution is -2.37. The number of nitrogens with one attached hydrogen (secondary N) is 1. The van der Waals surface area contributed by atoms with Crippen LogP contribution in [0.1, 0.15) is 54.0 Å². The van der Waals surface area contributed by atoms with Gasteiger partial charge in [0.25, 0.3) is 5.91 Å². The summed E-state index contributed by atoms with van der Waals surface area (Å²) in [5.74, 6) is 1.20. The maximum Gasteiger partial charge on any atom is 0.277 e. The Labute approximate surface area is 175 Å². The summed E-state index contributed by atoms with van der Waals surface area (Å²) in [5, 5.41) is 8.66. The number of aryl methyl sites for hydroxylation is 1. The number of anilines is 3. The summed E-state index contributed by atoms with van der Waals surface area (Å²) in [5.41, 5.74) is 14.2. The molecule has 0 saturated carbocycles. The Morgan fingerprint density at radius 1 is 1.34 bits per heavy atom. The Balaban J connectivity index is 1.51. The molecule has 3 heterocycles. The first-order valence-corrected chi connectivity index (χ1v) is 11.1. The molecule has 0 spiro atoms. The van der Waals surface area contributed by atoms with Crippen LogP contribution in [0.2, 0.25) is 0 Å². The number of nitrogens with two attached hydrogens (primary N) is 2. The molecule has 156 valence electrons. The zero-order valence-electron chi connectivity index (χ0n) is 16.9. The van der Waals surface area contributed by atoms with E-state index in [9.17, 15) is 4.79 Å². The molecule has 0 bridgehead atoms. The van der Waals surface area contributed by atoms with Gasteiger partial charge in [-0.05, 0) is 56.6 Å². The number of aromatic nitrogens is 3. The number of hydrogen-bond acceptors (Lipinski definition) is 7. The Bertz CT molecular complexity index is 908. The van der Waals surface area contributed by atoms with E-state index in [1.165, 1.54) is 23.3 Å². The molecule has 4 rings (SSSR count). The van der Waals surface area contributed by atoms with Crippen molar-refractivity contribution in [3.05, 3.63) is 23.0 Å². The molecule has 0 radical (unpaired) electrons. The highest BCUT2D eigenvalue weighted by molar-refractivity contribution is 7.17. The van der Waals surface area contributed by atoms with E-state index in [0.29, 0.717) is 22.3 Å². The molecule has 0 unspecified atom stereocenters. The summed E-state index contributed by atoms with van der Waals surface area (Å²) in [6.45, 7) is 2.54. The molecular weight excluding hydrogens is 386 g/mol. The van der Waals surface area contributed by atoms with Crippen molar-refractivity contribution in [3.63, 3.8) is 0 Å². The molecule has 8 nitrogen and oxygen atoms in total. The highest BCUT2D eigenvalue weighted by atomic mass is 32.1. The molecule has 29 heavy (non-hydrogen) atoms. The van der Waals surface area contributed by atoms with Gasteiger partial charge >= 0.3 is 0 Å². The van der Waals surface area contributed by atoms with Gasteiger partial charge in [-0.2, -0.15) is 5.10 Å². The number of carbonyl (C=O) groups excluding carboxylic acids is 1. The van der Waals surface area contributed by atoms with Crippen molar-refractivity contribution in [1.82, 2.24) is 14.8 Å². The number of rotatable bonds is 5. The van der Waals surface area contributed by atoms with Crippen LogP contribution in [0.15, 0.2) is 12.3 Å². The van der Waals surface area contributed by atoms with Crippen LogP contribution in [0.4, 0.5) is 16.5 Å². The van der Waals surface area contributed by atoms with Crippen LogP contribution in [0.3, 0.4) is 0 Å². The number of allylic oxidation sites excluding steroid dienone is 2. The molecule has 0 aromatic carbocycles. The average Bonchev–Trinajstić information content (AvgIpc) is 3.31. The summed E-state index contributed by atoms with van der Waals surface area (Å²) in [6, 6.07) is 0. The topological polar surface area (TPSA) is 115 Å². The number of nitrogen functional groups attached to an aromatic ring is 1. The number of hydrogen-bond donors (Lipinski definition) is 3. The van der Waals surface area contributed by atoms with Crippen molar-refractivity contribution in [1.29, 1.82) is 0 Å². The number of carbonyl (C=O) groups is 1. The van der Waals surface area contributed by atoms with Gasteiger partial charge < -0.3 is 21.7 Å². The molecule has 2 aromatic heterocycles. The maximum absolute atomic E-state index is 12.9. The minimum atomic E-state index is -0.285. The zero-order chi connectivity index (χ0) is 20.4. The van der Waals surface area contributed by atoms with Gasteiger partial charge in [-0.25, -0.2) is 4.98 Å². The normalized spacial score (nSPS) is 18.0. The molecular formula is C20H29N7OS. The lowest BCUT2D eigenvalue weighted by atomic mass is 9.97. The highest BCUT2D eigenvalue weighted by Crippen LogP contribution is 2.34. The monoisotopic (exact) mass is 415 g/mol. The molecule has 0 atom stereocenters. The number of thiazole rings is 1. The number of piperidine rings is 1. The van der Waals surface area contributed by atoms with Gasteiger partial charge in [-0.3, -0.25) is 9.48 Å². The Kier molecular flexibility index (Phi) is 5.86. The van der Waals surface area contributed by atoms with Gasteiger partial charge in [0.05, 0.1) is 6.20 Å². The first kappa shape index (κ1) is 19.9. The largest absolute Gasteiger partial charge is 0.389 e. The summed E-state index contributed by atoms with van der Waals surface area (Å²) < 4.78 is 1.81. The third kappa shape index (κ3) is 4.16. The second-order valence-corrected chi connectivity index (χ2v) is 8.86. The van der Waals surface area contributed by atoms with E-state index in [1.54, 1.807) is 10.9 Å². The van der Waals surface area contributed by atoms with Crippen molar-refractivity contribution in [2.45, 2.75) is 38.5 Å². The van der Waals surface area contributed by atoms with E-state index in [4.69, 9.17) is 11.5 Å². The standard InChI is InChI=1S/C20H29N7OS/c1-26-20(27-9-7-13(11-21)8-10-27)15(12-23-26)24-18(28)16-17(22)29-19(25-16)14-5-3-2-4-6-14/h5,12-13H,2-4,6-11,21-22H2,1H3,(H,24,28). The molecule has 1 amide bonds. The fourth-order valence-corrected chi connectivity index (χ4v) is 5.02. The van der Waals surface area contributed by atoms with Crippen molar-refractivity contribution < 1.29 is 4.79 Å². The van der Waals surface area contributed by atoms with E-state index in [-0.39, 0.29) is 5.91 Å². The van der Waals surface area contributed by atoms with Crippen LogP contribution >= 0.6 is 11.3 Å². The molecule has 1 saturated heterocycles. The van der Waals surface area contributed by atoms with E-state index >= 15 is 0 Å². The Morgan fingerprint density at radius 2 is 2.14 bits per heavy atom. The summed E-state index contributed by atoms with van der Waals surface area (Å²) in [4.78, 5) is 19.8. The fourth-order valence-electron chi connectivity index (χ4n) is 4.12. The smallest absolute Gasteiger partial charge is 0.277 e. The quantitative estimate of drug-likeness (QED) is 0.692. The predicted octanol–water partition coefficient (Wildman–Crippen LogP) is 2.84. The lowest BCUT2D eigenvalue weighted by molar-refractivity contribution is 0.102. The Hall–Kier alpha value is -2.39. The van der Waals surface area contributed by atoms with Crippen LogP contribution in [0.5, 0.6) is 0 Å². The Morgan fingerprint density at radius 3 is 2.83 bits per heavy atom. The van der Waals surface area contributed by atoms with E-state index in [0.717, 1.165) is 62.6 Å². The molecule has 2 aliphatic rings. The fraction of sp³-hybridized carbons (Fsp3) is 0.550. The van der Waals surface area contributed by atoms with Crippen molar-refractivity contribution in [2.24, 2.45) is 18.7 Å². The van der Waals surface area contributed by atoms with Gasteiger partial charge in [0.15, 0.2) is 11.5 Å². The van der Waals surface area contributed by atoms with Gasteiger partial charge in [-0.1, -0.05) is 17.4 Å². The molecule has 5 N–H and O–H groups in total. The van der Waals surface area contributed by atoms with Crippen LogP contribution in [-0.4, -0.2) is 40.3 Å². The van der Waals surface area contributed by atoms with Crippen molar-refractivity contribution in [2.75, 3.05) is 35.6 Å². The molecule has 9 heteroatoms. The minimum absolute atomic E-state index is 0.285. The van der Waals surface area contributed by atoms with E-state index in [2.05, 4.69) is 26.4 Å². The van der Waals surface area contributed by atoms with Crippen LogP contribution in [0.25, 0.3) is 5.57 Å². The molecule has 1 fully saturated rings. The summed E-state index contributed by atoms with van der Waals surface area (Å²) in [7, 11) is 1.89. The van der Waals surface area contributed by atoms with E-state index < -0.39 is 0 Å². The molecule has 2 aromatic rings. The van der Waals surface area contributed by atoms with Crippen LogP contribution < -0.4 is 21.7 Å². The first-order chi connectivity index (χ1) is 14.1. The van der Waals surface area contributed by atoms with Gasteiger partial charge in [0.1, 0.15) is 15.7 Å². The number of nitrogens with zero attached hydrogens (tertiary/aromatic N) is 4. The van der Waals surface area contributed by atoms with Gasteiger partial charge in [0, 0.05) is 20.1 Å². The maximum atomic E-state index is 12.9. The number of amides is 1. The second-order valence-electron chi connectivity index (χ2n) is 7.83. The summed E-state index contributed by atoms with van der Waals surface area (Å²) >= 11 is 1.39. The molecule has 1 aliphatic carbocycles. The third-order valence-corrected chi connectivity index (χ3v) is 6.80. The third-order valence-electron chi connectivity index (χ3n) is 5.84. The van der Waals surface area contributed by atoms with E-state index in [1.807, 2.05) is 7.05 Å². The van der Waals surface area contributed by atoms with Crippen LogP contribution in [-0.2, 0) is 7.05 Å².